The molecular weight excluding hydrogens is 723 g/mol. The molecule has 10 rings (SSSR count). The Morgan fingerprint density at radius 3 is 0.700 bits per heavy atom. The zero-order valence-corrected chi connectivity index (χ0v) is 33.1. The summed E-state index contributed by atoms with van der Waals surface area (Å²) >= 11 is 0. The first kappa shape index (κ1) is 36.5. The highest BCUT2D eigenvalue weighted by molar-refractivity contribution is 5.83. The van der Waals surface area contributed by atoms with Crippen molar-refractivity contribution < 1.29 is 0 Å². The zero-order valence-electron chi connectivity index (χ0n) is 33.1. The highest BCUT2D eigenvalue weighted by atomic mass is 14.7. The molecule has 0 aliphatic rings. The number of aromatic nitrogens is 1. The number of hydrogen-bond acceptors (Lipinski definition) is 1. The van der Waals surface area contributed by atoms with Crippen LogP contribution in [0.5, 0.6) is 0 Å². The maximum atomic E-state index is 5.29. The molecule has 1 heteroatoms. The van der Waals surface area contributed by atoms with Crippen LogP contribution in [0, 0.1) is 0 Å². The molecule has 0 saturated heterocycles. The summed E-state index contributed by atoms with van der Waals surface area (Å²) in [7, 11) is 0. The standard InChI is InChI=1S/C59H41N/c1-4-16-42(17-5-1)45-22-10-24-47(34-45)49-26-12-28-51(36-49)53-30-14-32-55(38-53)57-40-58(44-20-8-3-9-21-44)60-59(41-57)56-33-15-31-54(39-56)52-29-13-27-50(37-52)48-25-11-23-46(35-48)43-18-6-2-7-19-43/h1-41H. The van der Waals surface area contributed by atoms with Crippen molar-refractivity contribution >= 4 is 0 Å². The van der Waals surface area contributed by atoms with E-state index in [0.29, 0.717) is 0 Å². The van der Waals surface area contributed by atoms with E-state index < -0.39 is 0 Å². The van der Waals surface area contributed by atoms with Crippen LogP contribution < -0.4 is 0 Å². The van der Waals surface area contributed by atoms with Crippen LogP contribution in [0.25, 0.3) is 100 Å². The van der Waals surface area contributed by atoms with Crippen LogP contribution in [-0.4, -0.2) is 4.98 Å². The lowest BCUT2D eigenvalue weighted by molar-refractivity contribution is 1.32. The van der Waals surface area contributed by atoms with E-state index in [2.05, 4.69) is 249 Å². The van der Waals surface area contributed by atoms with E-state index in [1.54, 1.807) is 0 Å². The van der Waals surface area contributed by atoms with Crippen LogP contribution in [0.15, 0.2) is 249 Å². The number of nitrogens with zero attached hydrogens (tertiary/aromatic N) is 1. The van der Waals surface area contributed by atoms with Crippen LogP contribution in [0.3, 0.4) is 0 Å². The summed E-state index contributed by atoms with van der Waals surface area (Å²) in [6.45, 7) is 0. The van der Waals surface area contributed by atoms with Crippen LogP contribution in [-0.2, 0) is 0 Å². The predicted molar refractivity (Wildman–Crippen MR) is 253 cm³/mol. The van der Waals surface area contributed by atoms with E-state index in [0.717, 1.165) is 39.2 Å². The maximum Gasteiger partial charge on any atom is 0.0715 e. The average Bonchev–Trinajstić information content (AvgIpc) is 3.35. The Hall–Kier alpha value is -7.87. The molecule has 0 aliphatic carbocycles. The van der Waals surface area contributed by atoms with Gasteiger partial charge in [0.1, 0.15) is 0 Å². The lowest BCUT2D eigenvalue weighted by Gasteiger charge is -2.13. The normalized spacial score (nSPS) is 11.0. The maximum absolute atomic E-state index is 5.29. The van der Waals surface area contributed by atoms with Crippen molar-refractivity contribution in [3.8, 4) is 100 Å². The molecule has 0 unspecified atom stereocenters. The lowest BCUT2D eigenvalue weighted by Crippen LogP contribution is -1.92. The SMILES string of the molecule is c1ccc(-c2cccc(-c3cccc(-c4cccc(-c5cc(-c6ccccc6)nc(-c6cccc(-c7cccc(-c8cccc(-c9ccccc9)c8)c7)c6)c5)c4)c3)c2)cc1. The van der Waals surface area contributed by atoms with Crippen molar-refractivity contribution in [2.24, 2.45) is 0 Å². The van der Waals surface area contributed by atoms with Gasteiger partial charge in [0.15, 0.2) is 0 Å². The van der Waals surface area contributed by atoms with E-state index in [1.165, 1.54) is 61.2 Å². The fraction of sp³-hybridized carbons (Fsp3) is 0. The van der Waals surface area contributed by atoms with Gasteiger partial charge >= 0.3 is 0 Å². The topological polar surface area (TPSA) is 12.9 Å². The summed E-state index contributed by atoms with van der Waals surface area (Å²) in [5, 5.41) is 0. The van der Waals surface area contributed by atoms with Crippen molar-refractivity contribution in [1.82, 2.24) is 4.98 Å². The first-order chi connectivity index (χ1) is 29.7. The van der Waals surface area contributed by atoms with Crippen molar-refractivity contribution in [3.05, 3.63) is 249 Å². The van der Waals surface area contributed by atoms with Gasteiger partial charge in [0.2, 0.25) is 0 Å². The highest BCUT2D eigenvalue weighted by Crippen LogP contribution is 2.36. The average molecular weight is 764 g/mol. The Kier molecular flexibility index (Phi) is 10.1. The number of pyridine rings is 1. The Balaban J connectivity index is 0.997. The molecule has 282 valence electrons. The molecule has 0 atom stereocenters. The van der Waals surface area contributed by atoms with Crippen molar-refractivity contribution in [3.63, 3.8) is 0 Å². The van der Waals surface area contributed by atoms with Crippen LogP contribution in [0.2, 0.25) is 0 Å². The second-order valence-electron chi connectivity index (χ2n) is 15.2. The third-order valence-corrected chi connectivity index (χ3v) is 11.2. The third kappa shape index (κ3) is 7.85. The largest absolute Gasteiger partial charge is 0.248 e. The van der Waals surface area contributed by atoms with Gasteiger partial charge in [-0.05, 0) is 126 Å². The second-order valence-corrected chi connectivity index (χ2v) is 15.2. The first-order valence-corrected chi connectivity index (χ1v) is 20.5. The molecule has 0 spiro atoms. The smallest absolute Gasteiger partial charge is 0.0715 e. The van der Waals surface area contributed by atoms with Crippen LogP contribution in [0.4, 0.5) is 0 Å². The van der Waals surface area contributed by atoms with E-state index in [1.807, 2.05) is 0 Å². The van der Waals surface area contributed by atoms with Gasteiger partial charge in [-0.25, -0.2) is 4.98 Å². The predicted octanol–water partition coefficient (Wildman–Crippen LogP) is 16.1. The van der Waals surface area contributed by atoms with Gasteiger partial charge in [0, 0.05) is 11.1 Å². The zero-order chi connectivity index (χ0) is 40.1. The van der Waals surface area contributed by atoms with Gasteiger partial charge in [-0.3, -0.25) is 0 Å². The molecule has 0 N–H and O–H groups in total. The molecule has 0 fully saturated rings. The lowest BCUT2D eigenvalue weighted by atomic mass is 9.93. The second kappa shape index (κ2) is 16.5. The monoisotopic (exact) mass is 763 g/mol. The minimum atomic E-state index is 0.936. The molecule has 0 amide bonds. The Morgan fingerprint density at radius 2 is 0.367 bits per heavy atom. The molecule has 0 aliphatic heterocycles. The van der Waals surface area contributed by atoms with Crippen molar-refractivity contribution in [2.75, 3.05) is 0 Å². The Labute approximate surface area is 352 Å². The van der Waals surface area contributed by atoms with Gasteiger partial charge in [0.05, 0.1) is 11.4 Å². The number of hydrogen-bond donors (Lipinski definition) is 0. The molecule has 10 aromatic rings. The van der Waals surface area contributed by atoms with E-state index in [-0.39, 0.29) is 0 Å². The van der Waals surface area contributed by atoms with Crippen LogP contribution >= 0.6 is 0 Å². The van der Waals surface area contributed by atoms with Gasteiger partial charge in [-0.2, -0.15) is 0 Å². The minimum absolute atomic E-state index is 0.936. The van der Waals surface area contributed by atoms with Crippen LogP contribution in [0.1, 0.15) is 0 Å². The number of rotatable bonds is 9. The van der Waals surface area contributed by atoms with E-state index >= 15 is 0 Å². The summed E-state index contributed by atoms with van der Waals surface area (Å²) in [6.07, 6.45) is 0. The van der Waals surface area contributed by atoms with E-state index in [4.69, 9.17) is 4.98 Å². The molecular formula is C59H41N. The molecule has 1 heterocycles. The molecule has 0 radical (unpaired) electrons. The molecule has 1 nitrogen and oxygen atoms in total. The molecule has 1 aromatic heterocycles. The van der Waals surface area contributed by atoms with Gasteiger partial charge < -0.3 is 0 Å². The minimum Gasteiger partial charge on any atom is -0.248 e. The number of benzene rings is 9. The first-order valence-electron chi connectivity index (χ1n) is 20.5. The Bertz CT molecular complexity index is 2890. The highest BCUT2D eigenvalue weighted by Gasteiger charge is 2.13. The van der Waals surface area contributed by atoms with Gasteiger partial charge in [0.25, 0.3) is 0 Å². The summed E-state index contributed by atoms with van der Waals surface area (Å²) < 4.78 is 0. The summed E-state index contributed by atoms with van der Waals surface area (Å²) in [5.74, 6) is 0. The fourth-order valence-electron chi connectivity index (χ4n) is 8.11. The molecule has 0 saturated carbocycles. The van der Waals surface area contributed by atoms with Crippen molar-refractivity contribution in [2.45, 2.75) is 0 Å². The molecule has 9 aromatic carbocycles. The van der Waals surface area contributed by atoms with Gasteiger partial charge in [-0.1, -0.05) is 200 Å². The Morgan fingerprint density at radius 1 is 0.150 bits per heavy atom. The molecule has 0 bridgehead atoms. The fourth-order valence-corrected chi connectivity index (χ4v) is 8.11. The quantitative estimate of drug-likeness (QED) is 0.143. The summed E-state index contributed by atoms with van der Waals surface area (Å²) in [5.41, 5.74) is 20.6. The summed E-state index contributed by atoms with van der Waals surface area (Å²) in [4.78, 5) is 5.29. The molecule has 60 heavy (non-hydrogen) atoms. The van der Waals surface area contributed by atoms with Gasteiger partial charge in [-0.15, -0.1) is 0 Å². The third-order valence-electron chi connectivity index (χ3n) is 11.2. The summed E-state index contributed by atoms with van der Waals surface area (Å²) in [6, 6.07) is 89.1. The van der Waals surface area contributed by atoms with E-state index in [9.17, 15) is 0 Å². The van der Waals surface area contributed by atoms with Crippen molar-refractivity contribution in [1.29, 1.82) is 0 Å².